The molecule has 2 rings (SSSR count). The summed E-state index contributed by atoms with van der Waals surface area (Å²) in [6, 6.07) is 10.9. The summed E-state index contributed by atoms with van der Waals surface area (Å²) in [5.74, 6) is 1.66. The summed E-state index contributed by atoms with van der Waals surface area (Å²) in [5.41, 5.74) is 6.96. The first-order valence-electron chi connectivity index (χ1n) is 7.25. The second kappa shape index (κ2) is 7.66. The van der Waals surface area contributed by atoms with Crippen molar-refractivity contribution in [1.29, 1.82) is 0 Å². The van der Waals surface area contributed by atoms with Crippen molar-refractivity contribution in [2.24, 2.45) is 5.73 Å². The number of benzene rings is 1. The smallest absolute Gasteiger partial charge is 0.323 e. The average Bonchev–Trinajstić information content (AvgIpc) is 3.00. The second-order valence-corrected chi connectivity index (χ2v) is 4.99. The minimum absolute atomic E-state index is 0.303. The van der Waals surface area contributed by atoms with Crippen LogP contribution in [0.4, 0.5) is 0 Å². The highest BCUT2D eigenvalue weighted by Gasteiger charge is 2.16. The molecule has 1 unspecified atom stereocenters. The summed E-state index contributed by atoms with van der Waals surface area (Å²) in [6.07, 6.45) is 1.31. The highest BCUT2D eigenvalue weighted by atomic mass is 16.5. The summed E-state index contributed by atoms with van der Waals surface area (Å²) in [4.78, 5) is 11.3. The van der Waals surface area contributed by atoms with Gasteiger partial charge in [-0.25, -0.2) is 0 Å². The van der Waals surface area contributed by atoms with Crippen molar-refractivity contribution in [3.05, 3.63) is 53.5 Å². The van der Waals surface area contributed by atoms with Gasteiger partial charge in [-0.2, -0.15) is 0 Å². The van der Waals surface area contributed by atoms with Crippen molar-refractivity contribution >= 4 is 5.97 Å². The van der Waals surface area contributed by atoms with E-state index < -0.39 is 12.0 Å². The van der Waals surface area contributed by atoms with Gasteiger partial charge in [-0.3, -0.25) is 4.79 Å². The Bertz CT molecular complexity index is 603. The van der Waals surface area contributed by atoms with Crippen molar-refractivity contribution in [2.75, 3.05) is 7.11 Å². The molecular weight excluding hydrogens is 282 g/mol. The van der Waals surface area contributed by atoms with Crippen molar-refractivity contribution in [3.63, 3.8) is 0 Å². The second-order valence-electron chi connectivity index (χ2n) is 4.99. The zero-order valence-electron chi connectivity index (χ0n) is 12.9. The van der Waals surface area contributed by atoms with Crippen LogP contribution in [0.5, 0.6) is 5.75 Å². The van der Waals surface area contributed by atoms with Crippen LogP contribution >= 0.6 is 0 Å². The number of nitrogens with two attached hydrogens (primary N) is 1. The van der Waals surface area contributed by atoms with Crippen LogP contribution in [0, 0.1) is 0 Å². The van der Waals surface area contributed by atoms with Crippen molar-refractivity contribution in [1.82, 2.24) is 0 Å². The molecular formula is C17H21NO4. The van der Waals surface area contributed by atoms with Gasteiger partial charge >= 0.3 is 5.97 Å². The topological polar surface area (TPSA) is 74.7 Å². The van der Waals surface area contributed by atoms with Crippen LogP contribution in [-0.2, 0) is 29.0 Å². The molecule has 5 heteroatoms. The fraction of sp³-hybridized carbons (Fsp3) is 0.353. The molecule has 22 heavy (non-hydrogen) atoms. The average molecular weight is 303 g/mol. The number of esters is 1. The van der Waals surface area contributed by atoms with E-state index in [4.69, 9.17) is 14.9 Å². The molecule has 1 aromatic heterocycles. The number of carbonyl (C=O) groups excluding carboxylic acids is 1. The van der Waals surface area contributed by atoms with Crippen LogP contribution in [0.15, 0.2) is 40.8 Å². The lowest BCUT2D eigenvalue weighted by molar-refractivity contribution is -0.142. The third kappa shape index (κ3) is 4.36. The molecule has 0 saturated heterocycles. The number of carbonyl (C=O) groups is 1. The third-order valence-corrected chi connectivity index (χ3v) is 3.36. The number of rotatable bonds is 7. The molecule has 1 atom stereocenters. The fourth-order valence-corrected chi connectivity index (χ4v) is 2.04. The van der Waals surface area contributed by atoms with E-state index in [0.717, 1.165) is 12.2 Å². The molecule has 0 amide bonds. The number of ether oxygens (including phenoxy) is 2. The van der Waals surface area contributed by atoms with Crippen molar-refractivity contribution in [2.45, 2.75) is 32.4 Å². The van der Waals surface area contributed by atoms with E-state index >= 15 is 0 Å². The van der Waals surface area contributed by atoms with Gasteiger partial charge in [0.2, 0.25) is 0 Å². The largest absolute Gasteiger partial charge is 0.486 e. The quantitative estimate of drug-likeness (QED) is 0.795. The maximum atomic E-state index is 11.3. The van der Waals surface area contributed by atoms with Gasteiger partial charge < -0.3 is 19.6 Å². The highest BCUT2D eigenvalue weighted by molar-refractivity contribution is 5.75. The van der Waals surface area contributed by atoms with Gasteiger partial charge in [-0.05, 0) is 36.2 Å². The van der Waals surface area contributed by atoms with Gasteiger partial charge in [0.1, 0.15) is 29.9 Å². The zero-order valence-corrected chi connectivity index (χ0v) is 12.9. The molecule has 2 aromatic rings. The van der Waals surface area contributed by atoms with Crippen LogP contribution in [0.2, 0.25) is 0 Å². The number of methoxy groups -OCH3 is 1. The number of furan rings is 1. The highest BCUT2D eigenvalue weighted by Crippen LogP contribution is 2.16. The standard InChI is InChI=1S/C17H21NO4/c1-3-12-4-6-13(7-5-12)21-11-15-9-8-14(22-15)10-16(18)17(19)20-2/h4-9,16H,3,10-11,18H2,1-2H3. The van der Waals surface area contributed by atoms with E-state index in [1.54, 1.807) is 6.07 Å². The molecule has 5 nitrogen and oxygen atoms in total. The monoisotopic (exact) mass is 303 g/mol. The van der Waals surface area contributed by atoms with E-state index in [0.29, 0.717) is 24.5 Å². The molecule has 0 saturated carbocycles. The summed E-state index contributed by atoms with van der Waals surface area (Å²) in [6.45, 7) is 2.44. The first-order valence-corrected chi connectivity index (χ1v) is 7.25. The van der Waals surface area contributed by atoms with Gasteiger partial charge in [-0.1, -0.05) is 19.1 Å². The molecule has 0 aliphatic heterocycles. The molecule has 2 N–H and O–H groups in total. The van der Waals surface area contributed by atoms with Crippen LogP contribution in [-0.4, -0.2) is 19.1 Å². The lowest BCUT2D eigenvalue weighted by Gasteiger charge is -2.07. The SMILES string of the molecule is CCc1ccc(OCc2ccc(CC(N)C(=O)OC)o2)cc1. The number of hydrogen-bond donors (Lipinski definition) is 1. The minimum atomic E-state index is -0.716. The van der Waals surface area contributed by atoms with Gasteiger partial charge in [0.25, 0.3) is 0 Å². The Morgan fingerprint density at radius 1 is 1.18 bits per heavy atom. The number of aryl methyl sites for hydroxylation is 1. The Morgan fingerprint density at radius 3 is 2.50 bits per heavy atom. The summed E-state index contributed by atoms with van der Waals surface area (Å²) in [5, 5.41) is 0. The Morgan fingerprint density at radius 2 is 1.86 bits per heavy atom. The van der Waals surface area contributed by atoms with E-state index in [-0.39, 0.29) is 0 Å². The van der Waals surface area contributed by atoms with Crippen LogP contribution in [0.3, 0.4) is 0 Å². The van der Waals surface area contributed by atoms with E-state index in [1.165, 1.54) is 12.7 Å². The van der Waals surface area contributed by atoms with Gasteiger partial charge in [-0.15, -0.1) is 0 Å². The molecule has 0 bridgehead atoms. The van der Waals surface area contributed by atoms with Gasteiger partial charge in [0.05, 0.1) is 7.11 Å². The normalized spacial score (nSPS) is 12.0. The molecule has 0 spiro atoms. The minimum Gasteiger partial charge on any atom is -0.486 e. The van der Waals surface area contributed by atoms with Crippen LogP contribution in [0.25, 0.3) is 0 Å². The summed E-state index contributed by atoms with van der Waals surface area (Å²) in [7, 11) is 1.31. The molecule has 0 fully saturated rings. The van der Waals surface area contributed by atoms with Crippen LogP contribution < -0.4 is 10.5 Å². The molecule has 0 radical (unpaired) electrons. The Balaban J connectivity index is 1.87. The fourth-order valence-electron chi connectivity index (χ4n) is 2.04. The Kier molecular flexibility index (Phi) is 5.61. The summed E-state index contributed by atoms with van der Waals surface area (Å²) < 4.78 is 15.8. The van der Waals surface area contributed by atoms with Crippen molar-refractivity contribution in [3.8, 4) is 5.75 Å². The predicted molar refractivity (Wildman–Crippen MR) is 82.6 cm³/mol. The maximum Gasteiger partial charge on any atom is 0.323 e. The Labute approximate surface area is 130 Å². The first-order chi connectivity index (χ1) is 10.6. The lowest BCUT2D eigenvalue weighted by atomic mass is 10.2. The van der Waals surface area contributed by atoms with Crippen LogP contribution in [0.1, 0.15) is 24.0 Å². The third-order valence-electron chi connectivity index (χ3n) is 3.36. The van der Waals surface area contributed by atoms with Gasteiger partial charge in [0.15, 0.2) is 0 Å². The molecule has 1 heterocycles. The zero-order chi connectivity index (χ0) is 15.9. The molecule has 0 aliphatic carbocycles. The predicted octanol–water partition coefficient (Wildman–Crippen LogP) is 2.46. The first kappa shape index (κ1) is 16.1. The van der Waals surface area contributed by atoms with E-state index in [9.17, 15) is 4.79 Å². The summed E-state index contributed by atoms with van der Waals surface area (Å²) >= 11 is 0. The Hall–Kier alpha value is -2.27. The van der Waals surface area contributed by atoms with Crippen molar-refractivity contribution < 1.29 is 18.7 Å². The van der Waals surface area contributed by atoms with Gasteiger partial charge in [0, 0.05) is 6.42 Å². The number of hydrogen-bond acceptors (Lipinski definition) is 5. The molecule has 1 aromatic carbocycles. The van der Waals surface area contributed by atoms with E-state index in [2.05, 4.69) is 11.7 Å². The van der Waals surface area contributed by atoms with E-state index in [1.807, 2.05) is 30.3 Å². The molecule has 118 valence electrons. The lowest BCUT2D eigenvalue weighted by Crippen LogP contribution is -2.33. The maximum absolute atomic E-state index is 11.3. The molecule has 0 aliphatic rings.